The van der Waals surface area contributed by atoms with Gasteiger partial charge in [0, 0.05) is 41.2 Å². The highest BCUT2D eigenvalue weighted by Crippen LogP contribution is 2.29. The Balaban J connectivity index is 1.34. The van der Waals surface area contributed by atoms with Gasteiger partial charge in [0.15, 0.2) is 0 Å². The maximum absolute atomic E-state index is 12.9. The first-order valence-corrected chi connectivity index (χ1v) is 12.9. The first kappa shape index (κ1) is 23.1. The molecule has 32 heavy (non-hydrogen) atoms. The molecule has 1 N–H and O–H groups in total. The highest BCUT2D eigenvalue weighted by molar-refractivity contribution is 7.88. The lowest BCUT2D eigenvalue weighted by Gasteiger charge is -2.30. The van der Waals surface area contributed by atoms with Crippen molar-refractivity contribution in [1.29, 1.82) is 0 Å². The Morgan fingerprint density at radius 2 is 1.56 bits per heavy atom. The molecule has 1 fully saturated rings. The highest BCUT2D eigenvalue weighted by Gasteiger charge is 2.32. The van der Waals surface area contributed by atoms with Crippen LogP contribution in [-0.2, 0) is 27.1 Å². The number of halogens is 2. The summed E-state index contributed by atoms with van der Waals surface area (Å²) in [6, 6.07) is 19.1. The molecule has 1 aliphatic rings. The average molecular weight is 491 g/mol. The number of sulfonamides is 1. The van der Waals surface area contributed by atoms with E-state index in [0.29, 0.717) is 48.1 Å². The molecule has 1 saturated heterocycles. The molecular formula is C24H24Cl2N2O3S. The average Bonchev–Trinajstić information content (AvgIpc) is 2.80. The van der Waals surface area contributed by atoms with Crippen molar-refractivity contribution in [3.05, 3.63) is 81.8 Å². The van der Waals surface area contributed by atoms with E-state index < -0.39 is 10.0 Å². The van der Waals surface area contributed by atoms with Crippen molar-refractivity contribution >= 4 is 49.9 Å². The molecule has 1 amide bonds. The molecule has 3 aromatic carbocycles. The second-order valence-corrected chi connectivity index (χ2v) is 10.8. The van der Waals surface area contributed by atoms with E-state index in [2.05, 4.69) is 5.32 Å². The predicted octanol–water partition coefficient (Wildman–Crippen LogP) is 5.00. The molecule has 4 rings (SSSR count). The molecule has 1 aliphatic heterocycles. The Morgan fingerprint density at radius 1 is 0.938 bits per heavy atom. The summed E-state index contributed by atoms with van der Waals surface area (Å²) in [5.41, 5.74) is 1.47. The van der Waals surface area contributed by atoms with Crippen LogP contribution in [-0.4, -0.2) is 31.7 Å². The Hall–Kier alpha value is -2.12. The van der Waals surface area contributed by atoms with Crippen LogP contribution >= 0.6 is 23.2 Å². The number of amides is 1. The van der Waals surface area contributed by atoms with Crippen LogP contribution in [0.1, 0.15) is 24.0 Å². The number of nitrogens with zero attached hydrogens (tertiary/aromatic N) is 1. The van der Waals surface area contributed by atoms with Gasteiger partial charge in [-0.1, -0.05) is 71.7 Å². The van der Waals surface area contributed by atoms with E-state index in [1.807, 2.05) is 42.5 Å². The van der Waals surface area contributed by atoms with Gasteiger partial charge in [-0.3, -0.25) is 4.79 Å². The van der Waals surface area contributed by atoms with Gasteiger partial charge in [-0.05, 0) is 41.3 Å². The molecule has 0 bridgehead atoms. The van der Waals surface area contributed by atoms with Crippen molar-refractivity contribution < 1.29 is 13.2 Å². The minimum absolute atomic E-state index is 0.0378. The third kappa shape index (κ3) is 5.09. The first-order valence-electron chi connectivity index (χ1n) is 10.5. The number of hydrogen-bond acceptors (Lipinski definition) is 3. The smallest absolute Gasteiger partial charge is 0.223 e. The minimum Gasteiger partial charge on any atom is -0.352 e. The molecule has 0 saturated carbocycles. The fraction of sp³-hybridized carbons (Fsp3) is 0.292. The standard InChI is InChI=1S/C24H24Cl2N2O3S/c25-22-9-4-10-23(26)21(22)16-32(30,31)28-13-11-18(12-14-28)24(29)27-15-19-7-3-6-17-5-1-2-8-20(17)19/h1-10,18H,11-16H2,(H,27,29). The van der Waals surface area contributed by atoms with Crippen LogP contribution in [0.4, 0.5) is 0 Å². The summed E-state index contributed by atoms with van der Waals surface area (Å²) in [5, 5.41) is 5.96. The summed E-state index contributed by atoms with van der Waals surface area (Å²) in [5.74, 6) is -0.492. The molecule has 5 nitrogen and oxygen atoms in total. The van der Waals surface area contributed by atoms with Crippen LogP contribution in [0.2, 0.25) is 10.0 Å². The van der Waals surface area contributed by atoms with Gasteiger partial charge < -0.3 is 5.32 Å². The van der Waals surface area contributed by atoms with Gasteiger partial charge in [-0.25, -0.2) is 12.7 Å². The van der Waals surface area contributed by atoms with Gasteiger partial charge in [0.05, 0.1) is 5.75 Å². The van der Waals surface area contributed by atoms with Gasteiger partial charge in [-0.2, -0.15) is 0 Å². The summed E-state index contributed by atoms with van der Waals surface area (Å²) < 4.78 is 27.2. The van der Waals surface area contributed by atoms with Crippen LogP contribution in [0.15, 0.2) is 60.7 Å². The quantitative estimate of drug-likeness (QED) is 0.528. The molecular weight excluding hydrogens is 467 g/mol. The Labute approximate surface area is 198 Å². The Bertz CT molecular complexity index is 1210. The molecule has 0 spiro atoms. The number of hydrogen-bond donors (Lipinski definition) is 1. The lowest BCUT2D eigenvalue weighted by Crippen LogP contribution is -2.43. The number of rotatable bonds is 6. The van der Waals surface area contributed by atoms with E-state index in [1.54, 1.807) is 18.2 Å². The fourth-order valence-electron chi connectivity index (χ4n) is 4.11. The zero-order valence-corrected chi connectivity index (χ0v) is 19.8. The van der Waals surface area contributed by atoms with Gasteiger partial charge in [0.25, 0.3) is 0 Å². The monoisotopic (exact) mass is 490 g/mol. The maximum Gasteiger partial charge on any atom is 0.223 e. The van der Waals surface area contributed by atoms with E-state index in [1.165, 1.54) is 4.31 Å². The zero-order valence-electron chi connectivity index (χ0n) is 17.4. The van der Waals surface area contributed by atoms with E-state index in [-0.39, 0.29) is 17.6 Å². The largest absolute Gasteiger partial charge is 0.352 e. The molecule has 0 unspecified atom stereocenters. The van der Waals surface area contributed by atoms with Gasteiger partial charge in [0.2, 0.25) is 15.9 Å². The van der Waals surface area contributed by atoms with E-state index in [0.717, 1.165) is 16.3 Å². The van der Waals surface area contributed by atoms with Crippen LogP contribution in [0.25, 0.3) is 10.8 Å². The highest BCUT2D eigenvalue weighted by atomic mass is 35.5. The molecule has 0 radical (unpaired) electrons. The van der Waals surface area contributed by atoms with Crippen molar-refractivity contribution in [3.63, 3.8) is 0 Å². The molecule has 1 heterocycles. The second kappa shape index (κ2) is 9.79. The molecule has 168 valence electrons. The summed E-state index contributed by atoms with van der Waals surface area (Å²) >= 11 is 12.3. The topological polar surface area (TPSA) is 66.5 Å². The van der Waals surface area contributed by atoms with Crippen molar-refractivity contribution in [2.24, 2.45) is 5.92 Å². The van der Waals surface area contributed by atoms with Crippen molar-refractivity contribution in [2.45, 2.75) is 25.1 Å². The van der Waals surface area contributed by atoms with Gasteiger partial charge >= 0.3 is 0 Å². The Kier molecular flexibility index (Phi) is 7.05. The summed E-state index contributed by atoms with van der Waals surface area (Å²) in [4.78, 5) is 12.7. The lowest BCUT2D eigenvalue weighted by atomic mass is 9.97. The second-order valence-electron chi connectivity index (χ2n) is 7.99. The first-order chi connectivity index (χ1) is 15.3. The lowest BCUT2D eigenvalue weighted by molar-refractivity contribution is -0.126. The SMILES string of the molecule is O=C(NCc1cccc2ccccc12)C1CCN(S(=O)(=O)Cc2c(Cl)cccc2Cl)CC1. The summed E-state index contributed by atoms with van der Waals surface area (Å²) in [6.45, 7) is 1.05. The number of piperidine rings is 1. The van der Waals surface area contributed by atoms with Gasteiger partial charge in [-0.15, -0.1) is 0 Å². The van der Waals surface area contributed by atoms with Crippen LogP contribution < -0.4 is 5.32 Å². The van der Waals surface area contributed by atoms with E-state index in [9.17, 15) is 13.2 Å². The summed E-state index contributed by atoms with van der Waals surface area (Å²) in [7, 11) is -3.58. The van der Waals surface area contributed by atoms with E-state index >= 15 is 0 Å². The van der Waals surface area contributed by atoms with Crippen LogP contribution in [0.5, 0.6) is 0 Å². The molecule has 0 atom stereocenters. The Morgan fingerprint density at radius 3 is 2.28 bits per heavy atom. The van der Waals surface area contributed by atoms with Crippen molar-refractivity contribution in [2.75, 3.05) is 13.1 Å². The molecule has 3 aromatic rings. The maximum atomic E-state index is 12.9. The zero-order chi connectivity index (χ0) is 22.7. The third-order valence-electron chi connectivity index (χ3n) is 5.94. The molecule has 0 aromatic heterocycles. The normalized spacial score (nSPS) is 15.7. The third-order valence-corrected chi connectivity index (χ3v) is 8.45. The summed E-state index contributed by atoms with van der Waals surface area (Å²) in [6.07, 6.45) is 0.966. The minimum atomic E-state index is -3.58. The molecule has 8 heteroatoms. The number of carbonyl (C=O) groups excluding carboxylic acids is 1. The van der Waals surface area contributed by atoms with Crippen molar-refractivity contribution in [3.8, 4) is 0 Å². The number of fused-ring (bicyclic) bond motifs is 1. The van der Waals surface area contributed by atoms with Gasteiger partial charge in [0.1, 0.15) is 0 Å². The number of nitrogens with one attached hydrogen (secondary N) is 1. The number of carbonyl (C=O) groups is 1. The predicted molar refractivity (Wildman–Crippen MR) is 129 cm³/mol. The van der Waals surface area contributed by atoms with E-state index in [4.69, 9.17) is 23.2 Å². The number of benzene rings is 3. The van der Waals surface area contributed by atoms with Crippen LogP contribution in [0, 0.1) is 5.92 Å². The van der Waals surface area contributed by atoms with Crippen molar-refractivity contribution in [1.82, 2.24) is 9.62 Å². The fourth-order valence-corrected chi connectivity index (χ4v) is 6.43. The molecule has 0 aliphatic carbocycles. The van der Waals surface area contributed by atoms with Crippen LogP contribution in [0.3, 0.4) is 0 Å².